The number of carbonyl (C=O) groups excluding carboxylic acids is 1. The molecule has 0 spiro atoms. The topological polar surface area (TPSA) is 46.9 Å². The lowest BCUT2D eigenvalue weighted by atomic mass is 9.88. The fourth-order valence-corrected chi connectivity index (χ4v) is 3.70. The number of aromatic nitrogens is 2. The second kappa shape index (κ2) is 8.82. The molecule has 1 N–H and O–H groups in total. The number of amides is 1. The quantitative estimate of drug-likeness (QED) is 0.409. The van der Waals surface area contributed by atoms with Crippen LogP contribution in [-0.4, -0.2) is 28.4 Å². The van der Waals surface area contributed by atoms with Gasteiger partial charge in [-0.3, -0.25) is 4.79 Å². The second-order valence-corrected chi connectivity index (χ2v) is 7.36. The zero-order chi connectivity index (χ0) is 22.7. The van der Waals surface area contributed by atoms with Gasteiger partial charge in [0, 0.05) is 17.8 Å². The Morgan fingerprint density at radius 3 is 2.38 bits per heavy atom. The first-order valence-electron chi connectivity index (χ1n) is 9.96. The lowest BCUT2D eigenvalue weighted by Crippen LogP contribution is -2.37. The SMILES string of the molecule is O=C(NCCC(c1ccccc1)c1ccc2c(cnn2-c2ccc(F)cc2)c1)C(F)(F)F. The van der Waals surface area contributed by atoms with E-state index in [0.717, 1.165) is 22.0 Å². The Labute approximate surface area is 181 Å². The van der Waals surface area contributed by atoms with E-state index in [2.05, 4.69) is 5.10 Å². The van der Waals surface area contributed by atoms with E-state index in [9.17, 15) is 22.4 Å². The molecular formula is C24H19F4N3O. The van der Waals surface area contributed by atoms with Crippen LogP contribution in [0.25, 0.3) is 16.6 Å². The predicted octanol–water partition coefficient (Wildman–Crippen LogP) is 5.37. The van der Waals surface area contributed by atoms with Gasteiger partial charge in [-0.25, -0.2) is 9.07 Å². The Kier molecular flexibility index (Phi) is 5.94. The number of benzene rings is 3. The van der Waals surface area contributed by atoms with Crippen LogP contribution in [0, 0.1) is 5.82 Å². The minimum atomic E-state index is -4.91. The molecular weight excluding hydrogens is 422 g/mol. The van der Waals surface area contributed by atoms with Crippen LogP contribution in [0.15, 0.2) is 79.0 Å². The Balaban J connectivity index is 1.63. The molecule has 8 heteroatoms. The molecule has 0 radical (unpaired) electrons. The summed E-state index contributed by atoms with van der Waals surface area (Å²) in [6, 6.07) is 21.1. The average molecular weight is 441 g/mol. The van der Waals surface area contributed by atoms with E-state index in [1.807, 2.05) is 53.8 Å². The second-order valence-electron chi connectivity index (χ2n) is 7.36. The van der Waals surface area contributed by atoms with Gasteiger partial charge < -0.3 is 5.32 Å². The fraction of sp³-hybridized carbons (Fsp3) is 0.167. The molecule has 0 saturated carbocycles. The smallest absolute Gasteiger partial charge is 0.348 e. The first-order chi connectivity index (χ1) is 15.3. The van der Waals surface area contributed by atoms with Crippen molar-refractivity contribution in [3.63, 3.8) is 0 Å². The van der Waals surface area contributed by atoms with Gasteiger partial charge in [0.1, 0.15) is 5.82 Å². The largest absolute Gasteiger partial charge is 0.471 e. The highest BCUT2D eigenvalue weighted by Crippen LogP contribution is 2.31. The van der Waals surface area contributed by atoms with Gasteiger partial charge in [0.25, 0.3) is 0 Å². The molecule has 0 aliphatic heterocycles. The Bertz CT molecular complexity index is 1220. The van der Waals surface area contributed by atoms with Crippen LogP contribution in [0.3, 0.4) is 0 Å². The standard InChI is InChI=1S/C24H19F4N3O/c25-19-7-9-20(10-8-19)31-22-11-6-17(14-18(22)15-30-31)21(16-4-2-1-3-5-16)12-13-29-23(32)24(26,27)28/h1-11,14-15,21H,12-13H2,(H,29,32). The summed E-state index contributed by atoms with van der Waals surface area (Å²) < 4.78 is 52.5. The van der Waals surface area contributed by atoms with Crippen LogP contribution in [0.1, 0.15) is 23.5 Å². The Hall–Kier alpha value is -3.68. The summed E-state index contributed by atoms with van der Waals surface area (Å²) in [6.45, 7) is -0.120. The number of carbonyl (C=O) groups is 1. The van der Waals surface area contributed by atoms with Crippen LogP contribution in [0.2, 0.25) is 0 Å². The first kappa shape index (κ1) is 21.5. The molecule has 1 atom stereocenters. The number of nitrogens with one attached hydrogen (secondary N) is 1. The van der Waals surface area contributed by atoms with Crippen LogP contribution in [0.4, 0.5) is 17.6 Å². The van der Waals surface area contributed by atoms with E-state index < -0.39 is 12.1 Å². The van der Waals surface area contributed by atoms with Crippen molar-refractivity contribution >= 4 is 16.8 Å². The number of hydrogen-bond donors (Lipinski definition) is 1. The van der Waals surface area contributed by atoms with E-state index >= 15 is 0 Å². The van der Waals surface area contributed by atoms with Gasteiger partial charge in [0.15, 0.2) is 0 Å². The lowest BCUT2D eigenvalue weighted by Gasteiger charge is -2.19. The molecule has 4 rings (SSSR count). The van der Waals surface area contributed by atoms with E-state index in [-0.39, 0.29) is 18.3 Å². The molecule has 4 aromatic rings. The third kappa shape index (κ3) is 4.64. The van der Waals surface area contributed by atoms with E-state index in [0.29, 0.717) is 12.1 Å². The summed E-state index contributed by atoms with van der Waals surface area (Å²) in [5.74, 6) is -2.50. The number of alkyl halides is 3. The maximum atomic E-state index is 13.2. The maximum absolute atomic E-state index is 13.2. The first-order valence-corrected chi connectivity index (χ1v) is 9.96. The monoisotopic (exact) mass is 441 g/mol. The van der Waals surface area contributed by atoms with Gasteiger partial charge in [-0.2, -0.15) is 18.3 Å². The summed E-state index contributed by atoms with van der Waals surface area (Å²) in [6.07, 6.45) is -2.92. The molecule has 0 fully saturated rings. The van der Waals surface area contributed by atoms with Gasteiger partial charge >= 0.3 is 12.1 Å². The Morgan fingerprint density at radius 2 is 1.69 bits per heavy atom. The molecule has 1 amide bonds. The van der Waals surface area contributed by atoms with Gasteiger partial charge in [-0.05, 0) is 53.9 Å². The highest BCUT2D eigenvalue weighted by molar-refractivity contribution is 5.82. The molecule has 1 aromatic heterocycles. The number of hydrogen-bond acceptors (Lipinski definition) is 2. The van der Waals surface area contributed by atoms with Gasteiger partial charge in [-0.1, -0.05) is 36.4 Å². The molecule has 1 unspecified atom stereocenters. The third-order valence-corrected chi connectivity index (χ3v) is 5.24. The third-order valence-electron chi connectivity index (χ3n) is 5.24. The number of fused-ring (bicyclic) bond motifs is 1. The van der Waals surface area contributed by atoms with Gasteiger partial charge in [-0.15, -0.1) is 0 Å². The highest BCUT2D eigenvalue weighted by Gasteiger charge is 2.38. The van der Waals surface area contributed by atoms with Crippen molar-refractivity contribution in [2.45, 2.75) is 18.5 Å². The summed E-state index contributed by atoms with van der Waals surface area (Å²) in [4.78, 5) is 11.2. The van der Waals surface area contributed by atoms with Crippen LogP contribution in [-0.2, 0) is 4.79 Å². The van der Waals surface area contributed by atoms with E-state index in [1.54, 1.807) is 23.0 Å². The highest BCUT2D eigenvalue weighted by atomic mass is 19.4. The molecule has 3 aromatic carbocycles. The molecule has 0 bridgehead atoms. The summed E-state index contributed by atoms with van der Waals surface area (Å²) in [5.41, 5.74) is 3.35. The van der Waals surface area contributed by atoms with Crippen LogP contribution >= 0.6 is 0 Å². The zero-order valence-electron chi connectivity index (χ0n) is 16.8. The van der Waals surface area contributed by atoms with Crippen molar-refractivity contribution in [1.82, 2.24) is 15.1 Å². The number of rotatable bonds is 6. The normalized spacial score (nSPS) is 12.6. The fourth-order valence-electron chi connectivity index (χ4n) is 3.70. The predicted molar refractivity (Wildman–Crippen MR) is 113 cm³/mol. The van der Waals surface area contributed by atoms with Crippen molar-refractivity contribution in [3.05, 3.63) is 95.9 Å². The summed E-state index contributed by atoms with van der Waals surface area (Å²) in [5, 5.41) is 7.18. The van der Waals surface area contributed by atoms with E-state index in [1.165, 1.54) is 12.1 Å². The molecule has 0 aliphatic rings. The molecule has 32 heavy (non-hydrogen) atoms. The van der Waals surface area contributed by atoms with Gasteiger partial charge in [0.2, 0.25) is 0 Å². The van der Waals surface area contributed by atoms with Crippen molar-refractivity contribution in [2.75, 3.05) is 6.54 Å². The molecule has 1 heterocycles. The molecule has 164 valence electrons. The Morgan fingerprint density at radius 1 is 0.969 bits per heavy atom. The number of nitrogens with zero attached hydrogens (tertiary/aromatic N) is 2. The average Bonchev–Trinajstić information content (AvgIpc) is 3.20. The number of halogens is 4. The van der Waals surface area contributed by atoms with Crippen LogP contribution in [0.5, 0.6) is 0 Å². The molecule has 4 nitrogen and oxygen atoms in total. The minimum absolute atomic E-state index is 0.120. The lowest BCUT2D eigenvalue weighted by molar-refractivity contribution is -0.173. The maximum Gasteiger partial charge on any atom is 0.471 e. The van der Waals surface area contributed by atoms with Crippen LogP contribution < -0.4 is 5.32 Å². The molecule has 0 saturated heterocycles. The van der Waals surface area contributed by atoms with Crippen molar-refractivity contribution in [3.8, 4) is 5.69 Å². The van der Waals surface area contributed by atoms with Crippen molar-refractivity contribution in [2.24, 2.45) is 0 Å². The van der Waals surface area contributed by atoms with E-state index in [4.69, 9.17) is 0 Å². The minimum Gasteiger partial charge on any atom is -0.348 e. The zero-order valence-corrected chi connectivity index (χ0v) is 16.8. The van der Waals surface area contributed by atoms with Gasteiger partial charge in [0.05, 0.1) is 17.4 Å². The summed E-state index contributed by atoms with van der Waals surface area (Å²) in [7, 11) is 0. The van der Waals surface area contributed by atoms with Crippen molar-refractivity contribution in [1.29, 1.82) is 0 Å². The molecule has 0 aliphatic carbocycles. The van der Waals surface area contributed by atoms with Crippen molar-refractivity contribution < 1.29 is 22.4 Å². The summed E-state index contributed by atoms with van der Waals surface area (Å²) >= 11 is 0.